The van der Waals surface area contributed by atoms with Gasteiger partial charge in [0.2, 0.25) is 0 Å². The molecule has 0 aliphatic carbocycles. The molecule has 1 aromatic heterocycles. The number of aromatic nitrogens is 2. The Balaban J connectivity index is 2.82. The summed E-state index contributed by atoms with van der Waals surface area (Å²) in [6, 6.07) is 0. The molecular weight excluding hydrogens is 152 g/mol. The first-order valence-electron chi connectivity index (χ1n) is 3.84. The van der Waals surface area contributed by atoms with Gasteiger partial charge in [0.1, 0.15) is 0 Å². The van der Waals surface area contributed by atoms with Crippen molar-refractivity contribution < 1.29 is 0 Å². The number of aryl methyl sites for hydroxylation is 2. The number of hydrogen-bond acceptors (Lipinski definition) is 4. The summed E-state index contributed by atoms with van der Waals surface area (Å²) in [6.07, 6.45) is 1.72. The standard InChI is InChI=1S/C8H14N4/c1-6-7(2)10-8(5-9-6)11-12(3)4/h5H,1-4H3,(H,10,11). The van der Waals surface area contributed by atoms with Crippen LogP contribution in [-0.2, 0) is 0 Å². The van der Waals surface area contributed by atoms with E-state index >= 15 is 0 Å². The van der Waals surface area contributed by atoms with Crippen LogP contribution in [0.1, 0.15) is 11.4 Å². The molecule has 0 saturated heterocycles. The smallest absolute Gasteiger partial charge is 0.159 e. The monoisotopic (exact) mass is 166 g/mol. The van der Waals surface area contributed by atoms with Crippen molar-refractivity contribution in [3.05, 3.63) is 17.6 Å². The predicted octanol–water partition coefficient (Wildman–Crippen LogP) is 0.982. The van der Waals surface area contributed by atoms with Gasteiger partial charge in [0.05, 0.1) is 17.6 Å². The number of rotatable bonds is 2. The Hall–Kier alpha value is -1.16. The van der Waals surface area contributed by atoms with Gasteiger partial charge in [0, 0.05) is 14.1 Å². The third-order valence-corrected chi connectivity index (χ3v) is 1.53. The van der Waals surface area contributed by atoms with E-state index in [1.54, 1.807) is 6.20 Å². The SMILES string of the molecule is Cc1ncc(NN(C)C)nc1C. The zero-order chi connectivity index (χ0) is 9.14. The van der Waals surface area contributed by atoms with Crippen LogP contribution in [0.5, 0.6) is 0 Å². The van der Waals surface area contributed by atoms with Crippen LogP contribution in [0.3, 0.4) is 0 Å². The van der Waals surface area contributed by atoms with E-state index in [1.807, 2.05) is 33.0 Å². The van der Waals surface area contributed by atoms with Gasteiger partial charge < -0.3 is 5.43 Å². The molecule has 0 fully saturated rings. The summed E-state index contributed by atoms with van der Waals surface area (Å²) >= 11 is 0. The Kier molecular flexibility index (Phi) is 2.60. The maximum atomic E-state index is 4.30. The summed E-state index contributed by atoms with van der Waals surface area (Å²) < 4.78 is 0. The molecule has 66 valence electrons. The quantitative estimate of drug-likeness (QED) is 0.665. The first-order chi connectivity index (χ1) is 5.59. The fourth-order valence-corrected chi connectivity index (χ4v) is 0.825. The highest BCUT2D eigenvalue weighted by molar-refractivity contribution is 5.31. The summed E-state index contributed by atoms with van der Waals surface area (Å²) in [5.74, 6) is 0.781. The molecular formula is C8H14N4. The molecule has 1 rings (SSSR count). The summed E-state index contributed by atoms with van der Waals surface area (Å²) in [4.78, 5) is 8.48. The molecule has 4 nitrogen and oxygen atoms in total. The van der Waals surface area contributed by atoms with Gasteiger partial charge in [-0.2, -0.15) is 0 Å². The van der Waals surface area contributed by atoms with Crippen molar-refractivity contribution in [3.63, 3.8) is 0 Å². The van der Waals surface area contributed by atoms with E-state index in [9.17, 15) is 0 Å². The molecule has 0 aromatic carbocycles. The van der Waals surface area contributed by atoms with Crippen molar-refractivity contribution >= 4 is 5.82 Å². The molecule has 4 heteroatoms. The first kappa shape index (κ1) is 8.93. The van der Waals surface area contributed by atoms with Gasteiger partial charge in [-0.1, -0.05) is 0 Å². The highest BCUT2D eigenvalue weighted by Gasteiger charge is 1.98. The summed E-state index contributed by atoms with van der Waals surface area (Å²) in [6.45, 7) is 3.89. The lowest BCUT2D eigenvalue weighted by atomic mass is 10.3. The summed E-state index contributed by atoms with van der Waals surface area (Å²) in [5.41, 5.74) is 4.96. The molecule has 0 amide bonds. The van der Waals surface area contributed by atoms with Gasteiger partial charge in [-0.3, -0.25) is 4.98 Å². The summed E-state index contributed by atoms with van der Waals surface area (Å²) in [7, 11) is 3.83. The van der Waals surface area contributed by atoms with Gasteiger partial charge >= 0.3 is 0 Å². The van der Waals surface area contributed by atoms with Crippen LogP contribution in [0.15, 0.2) is 6.20 Å². The van der Waals surface area contributed by atoms with Gasteiger partial charge in [0.25, 0.3) is 0 Å². The molecule has 1 aromatic rings. The molecule has 0 aliphatic rings. The lowest BCUT2D eigenvalue weighted by molar-refractivity contribution is 0.491. The molecule has 0 spiro atoms. The minimum Gasteiger partial charge on any atom is -0.302 e. The zero-order valence-electron chi connectivity index (χ0n) is 7.92. The maximum absolute atomic E-state index is 4.30. The number of anilines is 1. The average Bonchev–Trinajstić information content (AvgIpc) is 1.96. The van der Waals surface area contributed by atoms with Crippen molar-refractivity contribution in [3.8, 4) is 0 Å². The van der Waals surface area contributed by atoms with Crippen molar-refractivity contribution in [2.45, 2.75) is 13.8 Å². The molecule has 0 atom stereocenters. The Morgan fingerprint density at radius 3 is 2.42 bits per heavy atom. The van der Waals surface area contributed by atoms with E-state index in [1.165, 1.54) is 0 Å². The molecule has 1 N–H and O–H groups in total. The van der Waals surface area contributed by atoms with Gasteiger partial charge in [-0.15, -0.1) is 0 Å². The molecule has 12 heavy (non-hydrogen) atoms. The van der Waals surface area contributed by atoms with Crippen LogP contribution in [-0.4, -0.2) is 29.1 Å². The van der Waals surface area contributed by atoms with E-state index in [-0.39, 0.29) is 0 Å². The van der Waals surface area contributed by atoms with Crippen molar-refractivity contribution in [1.82, 2.24) is 15.0 Å². The van der Waals surface area contributed by atoms with E-state index in [0.717, 1.165) is 17.2 Å². The summed E-state index contributed by atoms with van der Waals surface area (Å²) in [5, 5.41) is 1.83. The molecule has 0 saturated carbocycles. The number of hydrogen-bond donors (Lipinski definition) is 1. The van der Waals surface area contributed by atoms with Crippen LogP contribution in [0.2, 0.25) is 0 Å². The number of nitrogens with zero attached hydrogens (tertiary/aromatic N) is 3. The van der Waals surface area contributed by atoms with Crippen LogP contribution in [0.25, 0.3) is 0 Å². The number of hydrazine groups is 1. The first-order valence-corrected chi connectivity index (χ1v) is 3.84. The van der Waals surface area contributed by atoms with Crippen LogP contribution >= 0.6 is 0 Å². The van der Waals surface area contributed by atoms with Crippen molar-refractivity contribution in [1.29, 1.82) is 0 Å². The topological polar surface area (TPSA) is 41.1 Å². The minimum atomic E-state index is 0.781. The van der Waals surface area contributed by atoms with Crippen LogP contribution in [0, 0.1) is 13.8 Å². The second kappa shape index (κ2) is 3.49. The molecule has 0 bridgehead atoms. The van der Waals surface area contributed by atoms with Gasteiger partial charge in [-0.05, 0) is 13.8 Å². The fourth-order valence-electron chi connectivity index (χ4n) is 0.825. The lowest BCUT2D eigenvalue weighted by Crippen LogP contribution is -2.20. The minimum absolute atomic E-state index is 0.781. The third-order valence-electron chi connectivity index (χ3n) is 1.53. The lowest BCUT2D eigenvalue weighted by Gasteiger charge is -2.12. The van der Waals surface area contributed by atoms with E-state index in [4.69, 9.17) is 0 Å². The Morgan fingerprint density at radius 1 is 1.25 bits per heavy atom. The third kappa shape index (κ3) is 2.17. The molecule has 0 unspecified atom stereocenters. The van der Waals surface area contributed by atoms with Crippen LogP contribution in [0.4, 0.5) is 5.82 Å². The highest BCUT2D eigenvalue weighted by atomic mass is 15.5. The van der Waals surface area contributed by atoms with E-state index in [0.29, 0.717) is 0 Å². The molecule has 1 heterocycles. The largest absolute Gasteiger partial charge is 0.302 e. The second-order valence-corrected chi connectivity index (χ2v) is 2.93. The van der Waals surface area contributed by atoms with E-state index in [2.05, 4.69) is 15.4 Å². The number of nitrogens with one attached hydrogen (secondary N) is 1. The van der Waals surface area contributed by atoms with Crippen molar-refractivity contribution in [2.24, 2.45) is 0 Å². The second-order valence-electron chi connectivity index (χ2n) is 2.93. The fraction of sp³-hybridized carbons (Fsp3) is 0.500. The molecule has 0 aliphatic heterocycles. The van der Waals surface area contributed by atoms with Crippen LogP contribution < -0.4 is 5.43 Å². The molecule has 0 radical (unpaired) electrons. The van der Waals surface area contributed by atoms with Gasteiger partial charge in [0.15, 0.2) is 5.82 Å². The predicted molar refractivity (Wildman–Crippen MR) is 48.8 cm³/mol. The normalized spacial score (nSPS) is 10.4. The average molecular weight is 166 g/mol. The van der Waals surface area contributed by atoms with Gasteiger partial charge in [-0.25, -0.2) is 9.99 Å². The highest BCUT2D eigenvalue weighted by Crippen LogP contribution is 2.04. The Morgan fingerprint density at radius 2 is 1.92 bits per heavy atom. The Bertz CT molecular complexity index is 270. The maximum Gasteiger partial charge on any atom is 0.159 e. The van der Waals surface area contributed by atoms with E-state index < -0.39 is 0 Å². The Labute approximate surface area is 72.6 Å². The zero-order valence-corrected chi connectivity index (χ0v) is 7.92. The van der Waals surface area contributed by atoms with Crippen molar-refractivity contribution in [2.75, 3.05) is 19.5 Å².